The summed E-state index contributed by atoms with van der Waals surface area (Å²) in [6.45, 7) is 0.303. The second-order valence-corrected chi connectivity index (χ2v) is 6.65. The Bertz CT molecular complexity index is 676. The van der Waals surface area contributed by atoms with E-state index in [2.05, 4.69) is 15.5 Å². The second kappa shape index (κ2) is 5.87. The maximum Gasteiger partial charge on any atom is 0.235 e. The third-order valence-corrected chi connectivity index (χ3v) is 3.44. The molecule has 0 aliphatic rings. The summed E-state index contributed by atoms with van der Waals surface area (Å²) in [5.74, 6) is -0.982. The van der Waals surface area contributed by atoms with Gasteiger partial charge in [-0.15, -0.1) is 0 Å². The quantitative estimate of drug-likeness (QED) is 0.850. The summed E-state index contributed by atoms with van der Waals surface area (Å²) in [5, 5.41) is 9.31. The molecule has 1 heterocycles. The van der Waals surface area contributed by atoms with Crippen LogP contribution in [-0.4, -0.2) is 36.5 Å². The molecule has 106 valence electrons. The third-order valence-electron chi connectivity index (χ3n) is 2.65. The van der Waals surface area contributed by atoms with Crippen LogP contribution in [0.4, 0.5) is 0 Å². The number of rotatable bonds is 5. The number of H-pyrrole nitrogens is 1. The first kappa shape index (κ1) is 14.3. The summed E-state index contributed by atoms with van der Waals surface area (Å²) in [6, 6.07) is 9.42. The van der Waals surface area contributed by atoms with E-state index in [9.17, 15) is 13.2 Å². The monoisotopic (exact) mass is 293 g/mol. The molecule has 0 fully saturated rings. The van der Waals surface area contributed by atoms with Crippen LogP contribution in [0.15, 0.2) is 36.5 Å². The summed E-state index contributed by atoms with van der Waals surface area (Å²) in [4.78, 5) is 11.4. The van der Waals surface area contributed by atoms with Gasteiger partial charge in [0.2, 0.25) is 5.91 Å². The molecular formula is C13H15N3O3S. The lowest BCUT2D eigenvalue weighted by molar-refractivity contribution is -0.118. The van der Waals surface area contributed by atoms with Crippen LogP contribution >= 0.6 is 0 Å². The Labute approximate surface area is 117 Å². The SMILES string of the molecule is CS(=O)(=O)CC(=O)NCc1ccc(-c2ccn[nH]2)cc1. The van der Waals surface area contributed by atoms with Gasteiger partial charge in [-0.05, 0) is 17.2 Å². The normalized spacial score (nSPS) is 11.2. The van der Waals surface area contributed by atoms with Gasteiger partial charge in [0, 0.05) is 19.0 Å². The van der Waals surface area contributed by atoms with E-state index in [1.54, 1.807) is 6.20 Å². The molecule has 1 aromatic carbocycles. The molecule has 0 spiro atoms. The van der Waals surface area contributed by atoms with Gasteiger partial charge in [0.1, 0.15) is 5.75 Å². The van der Waals surface area contributed by atoms with Crippen molar-refractivity contribution in [3.63, 3.8) is 0 Å². The molecule has 0 radical (unpaired) electrons. The second-order valence-electron chi connectivity index (χ2n) is 4.51. The van der Waals surface area contributed by atoms with Gasteiger partial charge in [0.25, 0.3) is 0 Å². The number of aromatic amines is 1. The number of amides is 1. The number of nitrogens with one attached hydrogen (secondary N) is 2. The Morgan fingerprint density at radius 3 is 2.50 bits per heavy atom. The average Bonchev–Trinajstić information content (AvgIpc) is 2.89. The number of hydrogen-bond acceptors (Lipinski definition) is 4. The molecule has 2 aromatic rings. The van der Waals surface area contributed by atoms with Gasteiger partial charge in [-0.2, -0.15) is 5.10 Å². The number of sulfone groups is 1. The summed E-state index contributed by atoms with van der Waals surface area (Å²) in [5.41, 5.74) is 2.81. The Hall–Kier alpha value is -2.15. The lowest BCUT2D eigenvalue weighted by Crippen LogP contribution is -2.29. The van der Waals surface area contributed by atoms with Gasteiger partial charge in [-0.25, -0.2) is 8.42 Å². The fourth-order valence-electron chi connectivity index (χ4n) is 1.71. The highest BCUT2D eigenvalue weighted by Crippen LogP contribution is 2.16. The zero-order valence-electron chi connectivity index (χ0n) is 11.0. The molecule has 2 N–H and O–H groups in total. The first-order valence-corrected chi connectivity index (χ1v) is 8.03. The smallest absolute Gasteiger partial charge is 0.235 e. The van der Waals surface area contributed by atoms with Crippen molar-refractivity contribution < 1.29 is 13.2 Å². The van der Waals surface area contributed by atoms with Crippen molar-refractivity contribution in [3.8, 4) is 11.3 Å². The largest absolute Gasteiger partial charge is 0.351 e. The van der Waals surface area contributed by atoms with Crippen molar-refractivity contribution in [2.45, 2.75) is 6.54 Å². The van der Waals surface area contributed by atoms with Gasteiger partial charge in [-0.1, -0.05) is 24.3 Å². The third kappa shape index (κ3) is 4.20. The van der Waals surface area contributed by atoms with Gasteiger partial charge in [-0.3, -0.25) is 9.89 Å². The van der Waals surface area contributed by atoms with Crippen LogP contribution in [0.2, 0.25) is 0 Å². The number of carbonyl (C=O) groups excluding carboxylic acids is 1. The minimum absolute atomic E-state index is 0.303. The summed E-state index contributed by atoms with van der Waals surface area (Å²) < 4.78 is 21.9. The molecule has 0 aliphatic carbocycles. The number of aromatic nitrogens is 2. The van der Waals surface area contributed by atoms with Crippen LogP contribution in [0, 0.1) is 0 Å². The minimum Gasteiger partial charge on any atom is -0.351 e. The van der Waals surface area contributed by atoms with Crippen LogP contribution in [0.1, 0.15) is 5.56 Å². The highest BCUT2D eigenvalue weighted by molar-refractivity contribution is 7.91. The summed E-state index contributed by atoms with van der Waals surface area (Å²) in [7, 11) is -3.29. The molecule has 1 aromatic heterocycles. The van der Waals surface area contributed by atoms with E-state index in [-0.39, 0.29) is 0 Å². The molecule has 1 amide bonds. The van der Waals surface area contributed by atoms with E-state index in [1.165, 1.54) is 0 Å². The Morgan fingerprint density at radius 1 is 1.25 bits per heavy atom. The van der Waals surface area contributed by atoms with E-state index >= 15 is 0 Å². The fraction of sp³-hybridized carbons (Fsp3) is 0.231. The average molecular weight is 293 g/mol. The van der Waals surface area contributed by atoms with Crippen molar-refractivity contribution in [2.24, 2.45) is 0 Å². The van der Waals surface area contributed by atoms with Gasteiger partial charge < -0.3 is 5.32 Å². The number of carbonyl (C=O) groups is 1. The molecule has 0 atom stereocenters. The zero-order chi connectivity index (χ0) is 14.6. The van der Waals surface area contributed by atoms with Crippen LogP contribution in [0.25, 0.3) is 11.3 Å². The van der Waals surface area contributed by atoms with Crippen molar-refractivity contribution in [1.82, 2.24) is 15.5 Å². The molecule has 0 bridgehead atoms. The first-order valence-electron chi connectivity index (χ1n) is 5.97. The standard InChI is InChI=1S/C13H15N3O3S/c1-20(18,19)9-13(17)14-8-10-2-4-11(5-3-10)12-6-7-15-16-12/h2-7H,8-9H2,1H3,(H,14,17)(H,15,16). The first-order chi connectivity index (χ1) is 9.44. The molecule has 2 rings (SSSR count). The molecular weight excluding hydrogens is 278 g/mol. The van der Waals surface area contributed by atoms with Crippen LogP contribution in [0.5, 0.6) is 0 Å². The number of benzene rings is 1. The summed E-state index contributed by atoms with van der Waals surface area (Å²) in [6.07, 6.45) is 2.71. The van der Waals surface area contributed by atoms with Gasteiger partial charge in [0.15, 0.2) is 9.84 Å². The topological polar surface area (TPSA) is 91.9 Å². The van der Waals surface area contributed by atoms with Crippen LogP contribution in [-0.2, 0) is 21.2 Å². The Kier molecular flexibility index (Phi) is 4.19. The van der Waals surface area contributed by atoms with Crippen LogP contribution in [0.3, 0.4) is 0 Å². The predicted octanol–water partition coefficient (Wildman–Crippen LogP) is 0.737. The zero-order valence-corrected chi connectivity index (χ0v) is 11.8. The molecule has 7 heteroatoms. The molecule has 0 saturated heterocycles. The van der Waals surface area contributed by atoms with Crippen molar-refractivity contribution in [2.75, 3.05) is 12.0 Å². The predicted molar refractivity (Wildman–Crippen MR) is 75.6 cm³/mol. The van der Waals surface area contributed by atoms with E-state index < -0.39 is 21.5 Å². The van der Waals surface area contributed by atoms with Crippen molar-refractivity contribution >= 4 is 15.7 Å². The lowest BCUT2D eigenvalue weighted by atomic mass is 10.1. The lowest BCUT2D eigenvalue weighted by Gasteiger charge is -2.05. The fourth-order valence-corrected chi connectivity index (χ4v) is 2.29. The van der Waals surface area contributed by atoms with E-state index in [1.807, 2.05) is 30.3 Å². The van der Waals surface area contributed by atoms with E-state index in [4.69, 9.17) is 0 Å². The van der Waals surface area contributed by atoms with E-state index in [0.717, 1.165) is 23.1 Å². The number of nitrogens with zero attached hydrogens (tertiary/aromatic N) is 1. The highest BCUT2D eigenvalue weighted by atomic mass is 32.2. The maximum atomic E-state index is 11.4. The summed E-state index contributed by atoms with van der Waals surface area (Å²) >= 11 is 0. The van der Waals surface area contributed by atoms with Crippen LogP contribution < -0.4 is 5.32 Å². The number of hydrogen-bond donors (Lipinski definition) is 2. The van der Waals surface area contributed by atoms with E-state index in [0.29, 0.717) is 6.54 Å². The van der Waals surface area contributed by atoms with Gasteiger partial charge in [0.05, 0.1) is 5.69 Å². The molecule has 0 saturated carbocycles. The highest BCUT2D eigenvalue weighted by Gasteiger charge is 2.10. The molecule has 6 nitrogen and oxygen atoms in total. The van der Waals surface area contributed by atoms with Crippen molar-refractivity contribution in [1.29, 1.82) is 0 Å². The Morgan fingerprint density at radius 2 is 1.95 bits per heavy atom. The molecule has 0 aliphatic heterocycles. The molecule has 20 heavy (non-hydrogen) atoms. The Balaban J connectivity index is 1.93. The molecule has 0 unspecified atom stereocenters. The van der Waals surface area contributed by atoms with Crippen molar-refractivity contribution in [3.05, 3.63) is 42.1 Å². The minimum atomic E-state index is -3.29. The maximum absolute atomic E-state index is 11.4. The van der Waals surface area contributed by atoms with Gasteiger partial charge >= 0.3 is 0 Å².